The van der Waals surface area contributed by atoms with Gasteiger partial charge in [-0.05, 0) is 103 Å². The molecule has 3 fully saturated rings. The van der Waals surface area contributed by atoms with Crippen LogP contribution in [0, 0.1) is 53.4 Å². The fourth-order valence-electron chi connectivity index (χ4n) is 11.6. The van der Waals surface area contributed by atoms with Crippen molar-refractivity contribution in [2.75, 3.05) is 43.6 Å². The highest BCUT2D eigenvalue weighted by molar-refractivity contribution is 7.51. The highest BCUT2D eigenvalue weighted by Gasteiger charge is 2.52. The minimum absolute atomic E-state index is 0.0186. The molecule has 4 aromatic heterocycles. The van der Waals surface area contributed by atoms with E-state index in [1.807, 2.05) is 6.92 Å². The van der Waals surface area contributed by atoms with Gasteiger partial charge in [-0.15, -0.1) is 0 Å². The third-order valence-electron chi connectivity index (χ3n) is 18.9. The molecule has 5 unspecified atom stereocenters. The van der Waals surface area contributed by atoms with Gasteiger partial charge in [0.05, 0.1) is 69.4 Å². The topological polar surface area (TPSA) is 305 Å². The van der Waals surface area contributed by atoms with Gasteiger partial charge in [0, 0.05) is 53.5 Å². The Morgan fingerprint density at radius 2 is 1.22 bits per heavy atom. The van der Waals surface area contributed by atoms with Gasteiger partial charge in [0.15, 0.2) is 51.4 Å². The van der Waals surface area contributed by atoms with E-state index in [-0.39, 0.29) is 130 Å². The molecule has 96 heavy (non-hydrogen) atoms. The second-order valence-electron chi connectivity index (χ2n) is 30.6. The SMILES string of the molecule is CC(C)C(=O)Nc1nc2c(ncn2[C@@H]2O[C@H](CO)[C@@H](C)[C@H]2O[Si](C)(C)C(C)(C)C)c(=O)[nH]1.CC(C)C(=O)Nc1nc2c(ncn2[C@@H]2O[C@H](COP(OCCC#N)N(C(C)C)C(C)C)[C@@H](C)[C@H]2O[Si](C)(C)C(C)(C)C)c(=O)[nH]1.[C-]#[N+]CCOP1C(C(C)C)C(C)CC(C)N1C(C)C. The standard InChI is InChI=1S/C30H52N7O6PSi.C21H35N5O5Si.C15H29N2OP/c1-18(2)26(38)34-29-33-25-23(27(39)35-29)32-17-36(25)28-24(43-45(11,12)30(8,9)10)21(7)22(42-28)16-41-44(40-15-13-14-31)37(19(3)4)20(5)6;1-11(2)17(28)24-20-23-16-14(18(29)25-20)22-10-26(16)19-15(12(3)13(9-27)30-19)31-32(7,8)21(4,5)6;1-11(2)15-13(5)10-14(6)17(12(3)4)19(15)18-9-8-16-7/h17-22,24,28H,13,15-16H2,1-12H3,(H2,33,34,35,38,39);10-13,15,19,27H,9H2,1-8H3,(H2,23,24,25,28,29);11-15H,8-10H2,1-6H3/t21-,22-,24-,28-,44?;12-,13-,15-,19-;/m11./s1. The molecule has 0 aliphatic carbocycles. The van der Waals surface area contributed by atoms with Crippen LogP contribution in [0.4, 0.5) is 11.9 Å². The van der Waals surface area contributed by atoms with Crippen molar-refractivity contribution in [1.82, 2.24) is 48.4 Å². The summed E-state index contributed by atoms with van der Waals surface area (Å²) in [7, 11) is -6.51. The minimum Gasteiger partial charge on any atom is -0.409 e. The van der Waals surface area contributed by atoms with E-state index in [9.17, 15) is 24.3 Å². The summed E-state index contributed by atoms with van der Waals surface area (Å²) in [6, 6.07) is 3.56. The molecule has 30 heteroatoms. The van der Waals surface area contributed by atoms with Crippen LogP contribution in [-0.4, -0.2) is 169 Å². The number of nitrogens with zero attached hydrogens (tertiary/aromatic N) is 10. The molecule has 3 aliphatic heterocycles. The highest BCUT2D eigenvalue weighted by Crippen LogP contribution is 2.59. The lowest BCUT2D eigenvalue weighted by Crippen LogP contribution is -2.47. The Bertz CT molecular complexity index is 3360. The number of fused-ring (bicyclic) bond motifs is 2. The van der Waals surface area contributed by atoms with Crippen molar-refractivity contribution in [1.29, 1.82) is 5.26 Å². The van der Waals surface area contributed by atoms with Crippen molar-refractivity contribution in [3.05, 3.63) is 44.8 Å². The summed E-state index contributed by atoms with van der Waals surface area (Å²) in [5, 5.41) is 24.2. The highest BCUT2D eigenvalue weighted by atomic mass is 31.2. The lowest BCUT2D eigenvalue weighted by molar-refractivity contribution is -0.119. The van der Waals surface area contributed by atoms with Gasteiger partial charge in [-0.1, -0.05) is 104 Å². The van der Waals surface area contributed by atoms with E-state index >= 15 is 0 Å². The van der Waals surface area contributed by atoms with E-state index in [4.69, 9.17) is 43.7 Å². The predicted molar refractivity (Wildman–Crippen MR) is 385 cm³/mol. The number of aromatic nitrogens is 8. The van der Waals surface area contributed by atoms with Crippen molar-refractivity contribution in [3.63, 3.8) is 0 Å². The minimum atomic E-state index is -2.29. The van der Waals surface area contributed by atoms with E-state index in [1.165, 1.54) is 12.7 Å². The maximum Gasteiger partial charge on any atom is 0.280 e. The first-order chi connectivity index (χ1) is 44.5. The second kappa shape index (κ2) is 34.7. The van der Waals surface area contributed by atoms with Gasteiger partial charge in [0.1, 0.15) is 14.9 Å². The largest absolute Gasteiger partial charge is 0.409 e. The fourth-order valence-corrected chi connectivity index (χ4v) is 18.8. The van der Waals surface area contributed by atoms with Crippen LogP contribution in [0.2, 0.25) is 36.3 Å². The normalized spacial score (nSPS) is 24.8. The van der Waals surface area contributed by atoms with Crippen molar-refractivity contribution in [3.8, 4) is 6.07 Å². The molecule has 0 aromatic carbocycles. The third-order valence-corrected chi connectivity index (χ3v) is 33.3. The smallest absolute Gasteiger partial charge is 0.280 e. The van der Waals surface area contributed by atoms with Gasteiger partial charge in [0.25, 0.3) is 19.6 Å². The van der Waals surface area contributed by atoms with Crippen LogP contribution in [0.5, 0.6) is 0 Å². The summed E-state index contributed by atoms with van der Waals surface area (Å²) in [5.74, 6) is 0.164. The van der Waals surface area contributed by atoms with Crippen LogP contribution in [0.3, 0.4) is 0 Å². The summed E-state index contributed by atoms with van der Waals surface area (Å²) in [5.41, 5.74) is 0.550. The van der Waals surface area contributed by atoms with E-state index in [0.717, 1.165) is 0 Å². The van der Waals surface area contributed by atoms with Gasteiger partial charge in [0.2, 0.25) is 30.3 Å². The Morgan fingerprint density at radius 3 is 1.60 bits per heavy atom. The maximum atomic E-state index is 13.0. The lowest BCUT2D eigenvalue weighted by Gasteiger charge is -2.50. The molecule has 0 radical (unpaired) electrons. The number of aromatic amines is 2. The summed E-state index contributed by atoms with van der Waals surface area (Å²) in [6.45, 7) is 63.4. The number of nitriles is 1. The number of carbonyl (C=O) groups is 2. The number of hydrogen-bond donors (Lipinski definition) is 5. The monoisotopic (exact) mass is 1410 g/mol. The first kappa shape index (κ1) is 82.2. The molecule has 2 amide bonds. The number of nitrogens with one attached hydrogen (secondary N) is 4. The Hall–Kier alpha value is -4.49. The lowest BCUT2D eigenvalue weighted by atomic mass is 9.92. The number of hydrogen-bond acceptors (Lipinski definition) is 19. The molecular formula is C66H116N14O12P2Si2. The molecule has 7 rings (SSSR count). The van der Waals surface area contributed by atoms with E-state index in [0.29, 0.717) is 42.7 Å². The predicted octanol–water partition coefficient (Wildman–Crippen LogP) is 13.0. The quantitative estimate of drug-likeness (QED) is 0.0178. The molecule has 540 valence electrons. The van der Waals surface area contributed by atoms with Gasteiger partial charge >= 0.3 is 0 Å². The average molecular weight is 1420 g/mol. The number of carbonyl (C=O) groups excluding carboxylic acids is 2. The zero-order valence-electron chi connectivity index (χ0n) is 62.2. The number of H-pyrrole nitrogens is 2. The van der Waals surface area contributed by atoms with Gasteiger partial charge in [-0.2, -0.15) is 15.2 Å². The second-order valence-corrected chi connectivity index (χ2v) is 43.5. The van der Waals surface area contributed by atoms with Gasteiger partial charge in [-0.3, -0.25) is 53.6 Å². The molecule has 0 bridgehead atoms. The zero-order chi connectivity index (χ0) is 72.4. The van der Waals surface area contributed by atoms with E-state index in [2.05, 4.69) is 205 Å². The Kier molecular flexibility index (Phi) is 29.7. The van der Waals surface area contributed by atoms with Crippen molar-refractivity contribution in [2.24, 2.45) is 35.5 Å². The van der Waals surface area contributed by atoms with Gasteiger partial charge < -0.3 is 41.8 Å². The molecule has 3 saturated heterocycles. The summed E-state index contributed by atoms with van der Waals surface area (Å²) < 4.78 is 53.5. The van der Waals surface area contributed by atoms with Crippen LogP contribution in [0.1, 0.15) is 178 Å². The van der Waals surface area contributed by atoms with E-state index in [1.54, 1.807) is 43.2 Å². The Morgan fingerprint density at radius 1 is 0.771 bits per heavy atom. The van der Waals surface area contributed by atoms with Gasteiger partial charge in [-0.25, -0.2) is 21.2 Å². The van der Waals surface area contributed by atoms with Crippen molar-refractivity contribution < 1.29 is 46.6 Å². The van der Waals surface area contributed by atoms with Crippen molar-refractivity contribution in [2.45, 2.75) is 268 Å². The van der Waals surface area contributed by atoms with Crippen LogP contribution < -0.4 is 21.8 Å². The first-order valence-corrected chi connectivity index (χ1v) is 42.4. The molecule has 26 nitrogen and oxygen atoms in total. The van der Waals surface area contributed by atoms with E-state index < -0.39 is 69.2 Å². The average Bonchev–Trinajstić information content (AvgIpc) is 1.61. The van der Waals surface area contributed by atoms with Crippen LogP contribution in [0.25, 0.3) is 27.2 Å². The number of anilines is 2. The molecule has 0 saturated carbocycles. The molecule has 3 aliphatic rings. The Labute approximate surface area is 575 Å². The molecule has 5 N–H and O–H groups in total. The van der Waals surface area contributed by atoms with Crippen LogP contribution in [-0.2, 0) is 41.5 Å². The number of aliphatic hydroxyl groups excluding tert-OH is 1. The number of ether oxygens (including phenoxy) is 2. The fraction of sp³-hybridized carbons (Fsp3) is 0.788. The third kappa shape index (κ3) is 20.2. The Balaban J connectivity index is 0.000000283. The molecule has 7 heterocycles. The maximum absolute atomic E-state index is 13.0. The zero-order valence-corrected chi connectivity index (χ0v) is 66.0. The number of amides is 2. The van der Waals surface area contributed by atoms with Crippen molar-refractivity contribution >= 4 is 79.5 Å². The number of rotatable bonds is 25. The number of imidazole rings is 2. The summed E-state index contributed by atoms with van der Waals surface area (Å²) in [4.78, 5) is 76.2. The van der Waals surface area contributed by atoms with Crippen LogP contribution in [0.15, 0.2) is 22.2 Å². The first-order valence-electron chi connectivity index (χ1n) is 34.1. The number of aliphatic hydroxyl groups is 1. The summed E-state index contributed by atoms with van der Waals surface area (Å²) >= 11 is 0. The molecular weight excluding hydrogens is 1300 g/mol. The molecule has 4 aromatic rings. The molecule has 0 spiro atoms. The summed E-state index contributed by atoms with van der Waals surface area (Å²) in [6.07, 6.45) is 1.73. The molecule has 13 atom stereocenters. The van der Waals surface area contributed by atoms with Crippen LogP contribution >= 0.6 is 16.8 Å².